The number of nitrogens with one attached hydrogen (secondary N) is 1. The maximum absolute atomic E-state index is 3.28. The number of nitrogens with zero attached hydrogens (tertiary/aromatic N) is 1. The van der Waals surface area contributed by atoms with Gasteiger partial charge in [0.25, 0.3) is 0 Å². The van der Waals surface area contributed by atoms with Crippen molar-refractivity contribution in [2.75, 3.05) is 26.7 Å². The van der Waals surface area contributed by atoms with Crippen LogP contribution in [-0.4, -0.2) is 37.6 Å². The van der Waals surface area contributed by atoms with Crippen LogP contribution in [0.2, 0.25) is 0 Å². The summed E-state index contributed by atoms with van der Waals surface area (Å²) < 4.78 is 0. The highest BCUT2D eigenvalue weighted by molar-refractivity contribution is 4.78. The van der Waals surface area contributed by atoms with Crippen molar-refractivity contribution >= 4 is 0 Å². The van der Waals surface area contributed by atoms with Crippen LogP contribution in [0.3, 0.4) is 0 Å². The summed E-state index contributed by atoms with van der Waals surface area (Å²) in [7, 11) is 2.03. The van der Waals surface area contributed by atoms with E-state index in [1.54, 1.807) is 0 Å². The van der Waals surface area contributed by atoms with Crippen molar-refractivity contribution < 1.29 is 0 Å². The summed E-state index contributed by atoms with van der Waals surface area (Å²) in [5.41, 5.74) is 0.355. The fourth-order valence-corrected chi connectivity index (χ4v) is 2.01. The van der Waals surface area contributed by atoms with Gasteiger partial charge in [0.1, 0.15) is 0 Å². The molecule has 0 aliphatic heterocycles. The first kappa shape index (κ1) is 14.9. The first-order valence-electron chi connectivity index (χ1n) is 6.17. The van der Waals surface area contributed by atoms with E-state index in [9.17, 15) is 0 Å². The van der Waals surface area contributed by atoms with Gasteiger partial charge < -0.3 is 10.2 Å². The van der Waals surface area contributed by atoms with Crippen molar-refractivity contribution in [2.24, 2.45) is 11.3 Å². The van der Waals surface area contributed by atoms with Crippen LogP contribution in [0.5, 0.6) is 0 Å². The lowest BCUT2D eigenvalue weighted by Gasteiger charge is -2.36. The minimum Gasteiger partial charge on any atom is -0.319 e. The molecule has 0 atom stereocenters. The Hall–Kier alpha value is -0.0800. The zero-order valence-electron chi connectivity index (χ0n) is 11.7. The molecule has 2 nitrogen and oxygen atoms in total. The molecule has 0 fully saturated rings. The summed E-state index contributed by atoms with van der Waals surface area (Å²) in [6, 6.07) is 0.642. The molecule has 15 heavy (non-hydrogen) atoms. The summed E-state index contributed by atoms with van der Waals surface area (Å²) in [6.45, 7) is 17.3. The molecule has 0 amide bonds. The molecule has 0 radical (unpaired) electrons. The van der Waals surface area contributed by atoms with Crippen LogP contribution in [0.15, 0.2) is 0 Å². The van der Waals surface area contributed by atoms with Crippen LogP contribution < -0.4 is 5.32 Å². The Morgan fingerprint density at radius 3 is 2.00 bits per heavy atom. The molecule has 0 aromatic carbocycles. The van der Waals surface area contributed by atoms with Gasteiger partial charge in [-0.25, -0.2) is 0 Å². The summed E-state index contributed by atoms with van der Waals surface area (Å²) in [4.78, 5) is 2.59. The first-order chi connectivity index (χ1) is 6.78. The fourth-order valence-electron chi connectivity index (χ4n) is 2.01. The first-order valence-corrected chi connectivity index (χ1v) is 6.17. The molecule has 0 aliphatic carbocycles. The minimum atomic E-state index is 0.355. The molecule has 0 saturated carbocycles. The van der Waals surface area contributed by atoms with E-state index in [2.05, 4.69) is 51.8 Å². The molecule has 0 unspecified atom stereocenters. The highest BCUT2D eigenvalue weighted by Gasteiger charge is 2.22. The van der Waals surface area contributed by atoms with Gasteiger partial charge >= 0.3 is 0 Å². The molecular weight excluding hydrogens is 184 g/mol. The molecule has 0 rings (SSSR count). The number of hydrogen-bond acceptors (Lipinski definition) is 2. The third-order valence-electron chi connectivity index (χ3n) is 2.62. The summed E-state index contributed by atoms with van der Waals surface area (Å²) in [5, 5.41) is 3.28. The average Bonchev–Trinajstić information content (AvgIpc) is 2.00. The molecule has 0 heterocycles. The lowest BCUT2D eigenvalue weighted by molar-refractivity contribution is 0.129. The molecule has 0 aliphatic rings. The van der Waals surface area contributed by atoms with Crippen molar-refractivity contribution in [3.05, 3.63) is 0 Å². The van der Waals surface area contributed by atoms with Crippen LogP contribution in [0.1, 0.15) is 41.5 Å². The third-order valence-corrected chi connectivity index (χ3v) is 2.62. The van der Waals surface area contributed by atoms with Crippen LogP contribution in [0, 0.1) is 11.3 Å². The Morgan fingerprint density at radius 1 is 1.13 bits per heavy atom. The summed E-state index contributed by atoms with van der Waals surface area (Å²) in [5.74, 6) is 0.748. The Balaban J connectivity index is 4.26. The maximum Gasteiger partial charge on any atom is 0.00476 e. The van der Waals surface area contributed by atoms with E-state index in [0.717, 1.165) is 12.5 Å². The van der Waals surface area contributed by atoms with Crippen molar-refractivity contribution in [3.63, 3.8) is 0 Å². The predicted octanol–water partition coefficient (Wildman–Crippen LogP) is 2.60. The summed E-state index contributed by atoms with van der Waals surface area (Å²) >= 11 is 0. The van der Waals surface area contributed by atoms with Crippen molar-refractivity contribution in [1.29, 1.82) is 0 Å². The van der Waals surface area contributed by atoms with E-state index in [4.69, 9.17) is 0 Å². The predicted molar refractivity (Wildman–Crippen MR) is 69.3 cm³/mol. The van der Waals surface area contributed by atoms with Gasteiger partial charge in [0.15, 0.2) is 0 Å². The van der Waals surface area contributed by atoms with Crippen molar-refractivity contribution in [1.82, 2.24) is 10.2 Å². The minimum absolute atomic E-state index is 0.355. The van der Waals surface area contributed by atoms with E-state index in [0.29, 0.717) is 11.5 Å². The van der Waals surface area contributed by atoms with E-state index in [1.807, 2.05) is 7.05 Å². The smallest absolute Gasteiger partial charge is 0.00476 e. The maximum atomic E-state index is 3.28. The molecule has 0 aromatic heterocycles. The third kappa shape index (κ3) is 6.91. The molecule has 92 valence electrons. The number of hydrogen-bond donors (Lipinski definition) is 1. The second-order valence-corrected chi connectivity index (χ2v) is 6.11. The van der Waals surface area contributed by atoms with Gasteiger partial charge in [0.05, 0.1) is 0 Å². The standard InChI is InChI=1S/C13H30N2/c1-11(2)8-15(12(3)4)10-13(5,6)9-14-7/h11-12,14H,8-10H2,1-7H3. The van der Waals surface area contributed by atoms with E-state index < -0.39 is 0 Å². The van der Waals surface area contributed by atoms with Gasteiger partial charge in [-0.1, -0.05) is 27.7 Å². The molecule has 0 aromatic rings. The van der Waals surface area contributed by atoms with Crippen LogP contribution in [-0.2, 0) is 0 Å². The lowest BCUT2D eigenvalue weighted by Crippen LogP contribution is -2.44. The molecule has 0 bridgehead atoms. The van der Waals surface area contributed by atoms with Crippen LogP contribution >= 0.6 is 0 Å². The SMILES string of the molecule is CNCC(C)(C)CN(CC(C)C)C(C)C. The normalized spacial score (nSPS) is 13.2. The molecule has 0 saturated heterocycles. The van der Waals surface area contributed by atoms with Crippen molar-refractivity contribution in [3.8, 4) is 0 Å². The molecule has 1 N–H and O–H groups in total. The average molecular weight is 214 g/mol. The second kappa shape index (κ2) is 6.49. The molecule has 0 spiro atoms. The van der Waals surface area contributed by atoms with Gasteiger partial charge in [0.2, 0.25) is 0 Å². The van der Waals surface area contributed by atoms with E-state index in [1.165, 1.54) is 13.1 Å². The fraction of sp³-hybridized carbons (Fsp3) is 1.00. The van der Waals surface area contributed by atoms with Gasteiger partial charge in [-0.2, -0.15) is 0 Å². The van der Waals surface area contributed by atoms with E-state index in [-0.39, 0.29) is 0 Å². The quantitative estimate of drug-likeness (QED) is 0.701. The summed E-state index contributed by atoms with van der Waals surface area (Å²) in [6.07, 6.45) is 0. The topological polar surface area (TPSA) is 15.3 Å². The Kier molecular flexibility index (Phi) is 6.46. The van der Waals surface area contributed by atoms with Gasteiger partial charge in [-0.3, -0.25) is 0 Å². The van der Waals surface area contributed by atoms with E-state index >= 15 is 0 Å². The second-order valence-electron chi connectivity index (χ2n) is 6.11. The van der Waals surface area contributed by atoms with Crippen LogP contribution in [0.25, 0.3) is 0 Å². The largest absolute Gasteiger partial charge is 0.319 e. The highest BCUT2D eigenvalue weighted by Crippen LogP contribution is 2.18. The van der Waals surface area contributed by atoms with Gasteiger partial charge in [-0.15, -0.1) is 0 Å². The Bertz CT molecular complexity index is 162. The monoisotopic (exact) mass is 214 g/mol. The Morgan fingerprint density at radius 2 is 1.67 bits per heavy atom. The van der Waals surface area contributed by atoms with Crippen LogP contribution in [0.4, 0.5) is 0 Å². The number of rotatable bonds is 7. The zero-order valence-corrected chi connectivity index (χ0v) is 11.7. The highest BCUT2D eigenvalue weighted by atomic mass is 15.2. The van der Waals surface area contributed by atoms with Gasteiger partial charge in [0, 0.05) is 25.7 Å². The van der Waals surface area contributed by atoms with Gasteiger partial charge in [-0.05, 0) is 32.2 Å². The van der Waals surface area contributed by atoms with Crippen molar-refractivity contribution in [2.45, 2.75) is 47.6 Å². The zero-order chi connectivity index (χ0) is 12.1. The molecule has 2 heteroatoms. The Labute approximate surface area is 96.4 Å². The molecular formula is C13H30N2. The lowest BCUT2D eigenvalue weighted by atomic mass is 9.92.